The number of nitrogens with zero attached hydrogens (tertiary/aromatic N) is 1. The van der Waals surface area contributed by atoms with Crippen LogP contribution in [0.25, 0.3) is 10.6 Å². The number of aromatic hydroxyl groups is 1. The van der Waals surface area contributed by atoms with Crippen molar-refractivity contribution in [2.75, 3.05) is 0 Å². The van der Waals surface area contributed by atoms with Gasteiger partial charge in [-0.05, 0) is 18.2 Å². The van der Waals surface area contributed by atoms with Crippen LogP contribution in [0.5, 0.6) is 5.75 Å². The van der Waals surface area contributed by atoms with Crippen molar-refractivity contribution in [3.05, 3.63) is 34.3 Å². The molecule has 1 aromatic carbocycles. The van der Waals surface area contributed by atoms with Gasteiger partial charge in [-0.15, -0.1) is 11.3 Å². The summed E-state index contributed by atoms with van der Waals surface area (Å²) in [7, 11) is 0. The number of carboxylic acid groups (broad SMARTS) is 1. The average molecular weight is 279 g/mol. The molecule has 0 saturated heterocycles. The molecule has 4 nitrogen and oxygen atoms in total. The summed E-state index contributed by atoms with van der Waals surface area (Å²) >= 11 is 6.93. The molecule has 0 saturated carbocycles. The molecule has 17 heavy (non-hydrogen) atoms. The maximum Gasteiger partial charge on any atom is 0.355 e. The summed E-state index contributed by atoms with van der Waals surface area (Å²) in [5, 5.41) is 20.6. The standard InChI is InChI=1S/C10H6ClNO3S.Na/c11-5-1-2-8(13)6(3-5)9-12-7(4-16-9)10(14)15;/h1-4,13H,(H,14,15);. The number of hydrogen-bond donors (Lipinski definition) is 2. The maximum atomic E-state index is 10.7. The van der Waals surface area contributed by atoms with E-state index in [0.29, 0.717) is 15.6 Å². The Labute approximate surface area is 128 Å². The molecule has 0 aliphatic carbocycles. The summed E-state index contributed by atoms with van der Waals surface area (Å²) in [6.07, 6.45) is 0. The van der Waals surface area contributed by atoms with Crippen LogP contribution in [0.3, 0.4) is 0 Å². The summed E-state index contributed by atoms with van der Waals surface area (Å²) < 4.78 is 0. The number of phenols is 1. The predicted octanol–water partition coefficient (Wildman–Crippen LogP) is 2.49. The Bertz CT molecular complexity index is 558. The van der Waals surface area contributed by atoms with Gasteiger partial charge in [0.25, 0.3) is 0 Å². The second kappa shape index (κ2) is 5.84. The molecule has 0 aliphatic rings. The van der Waals surface area contributed by atoms with Gasteiger partial charge in [-0.25, -0.2) is 9.78 Å². The van der Waals surface area contributed by atoms with Crippen LogP contribution in [0, 0.1) is 0 Å². The molecule has 2 N–H and O–H groups in total. The molecular formula is C10H6ClNNaO3S. The number of hydrogen-bond acceptors (Lipinski definition) is 4. The topological polar surface area (TPSA) is 70.4 Å². The normalized spacial score (nSPS) is 9.71. The number of halogens is 1. The number of carbonyl (C=O) groups is 1. The zero-order valence-electron chi connectivity index (χ0n) is 8.85. The SMILES string of the molecule is O=C(O)c1csc(-c2cc(Cl)ccc2O)n1.[Na]. The minimum atomic E-state index is -1.09. The van der Waals surface area contributed by atoms with Gasteiger partial charge < -0.3 is 10.2 Å². The van der Waals surface area contributed by atoms with Crippen molar-refractivity contribution in [3.8, 4) is 16.3 Å². The maximum absolute atomic E-state index is 10.7. The molecule has 2 rings (SSSR count). The van der Waals surface area contributed by atoms with Gasteiger partial charge >= 0.3 is 5.97 Å². The first kappa shape index (κ1) is 14.5. The van der Waals surface area contributed by atoms with Crippen LogP contribution in [0.15, 0.2) is 23.6 Å². The van der Waals surface area contributed by atoms with Crippen LogP contribution in [-0.2, 0) is 0 Å². The minimum absolute atomic E-state index is 0. The van der Waals surface area contributed by atoms with E-state index in [2.05, 4.69) is 4.98 Å². The zero-order chi connectivity index (χ0) is 11.7. The summed E-state index contributed by atoms with van der Waals surface area (Å²) in [6.45, 7) is 0. The van der Waals surface area contributed by atoms with Crippen molar-refractivity contribution < 1.29 is 15.0 Å². The van der Waals surface area contributed by atoms with E-state index < -0.39 is 5.97 Å². The van der Waals surface area contributed by atoms with Crippen LogP contribution < -0.4 is 0 Å². The Morgan fingerprint density at radius 1 is 1.41 bits per heavy atom. The molecule has 0 aliphatic heterocycles. The third kappa shape index (κ3) is 3.20. The molecule has 0 fully saturated rings. The summed E-state index contributed by atoms with van der Waals surface area (Å²) in [5.41, 5.74) is 0.393. The van der Waals surface area contributed by atoms with Gasteiger partial charge in [0.1, 0.15) is 10.8 Å². The molecule has 0 atom stereocenters. The first-order chi connectivity index (χ1) is 7.58. The third-order valence-corrected chi connectivity index (χ3v) is 3.02. The molecule has 7 heteroatoms. The number of aromatic carboxylic acids is 1. The van der Waals surface area contributed by atoms with Crippen LogP contribution in [0.2, 0.25) is 5.02 Å². The number of thiazole rings is 1. The van der Waals surface area contributed by atoms with Gasteiger partial charge in [0.2, 0.25) is 0 Å². The zero-order valence-corrected chi connectivity index (χ0v) is 12.4. The molecule has 0 unspecified atom stereocenters. The molecule has 0 amide bonds. The molecule has 0 bridgehead atoms. The molecule has 1 aromatic heterocycles. The monoisotopic (exact) mass is 278 g/mol. The third-order valence-electron chi connectivity index (χ3n) is 1.91. The van der Waals surface area contributed by atoms with Gasteiger partial charge in [0, 0.05) is 40.0 Å². The second-order valence-corrected chi connectivity index (χ2v) is 4.30. The predicted molar refractivity (Wildman–Crippen MR) is 66.9 cm³/mol. The molecular weight excluding hydrogens is 273 g/mol. The second-order valence-electron chi connectivity index (χ2n) is 3.00. The Kier molecular flexibility index (Phi) is 4.97. The number of phenolic OH excluding ortho intramolecular Hbond substituents is 1. The molecule has 1 radical (unpaired) electrons. The van der Waals surface area contributed by atoms with Gasteiger partial charge in [-0.3, -0.25) is 0 Å². The summed E-state index contributed by atoms with van der Waals surface area (Å²) in [6, 6.07) is 4.53. The molecule has 83 valence electrons. The van der Waals surface area contributed by atoms with Gasteiger partial charge in [-0.2, -0.15) is 0 Å². The van der Waals surface area contributed by atoms with Gasteiger partial charge in [0.05, 0.1) is 5.56 Å². The molecule has 0 spiro atoms. The largest absolute Gasteiger partial charge is 0.507 e. The van der Waals surface area contributed by atoms with Crippen molar-refractivity contribution in [1.29, 1.82) is 0 Å². The first-order valence-corrected chi connectivity index (χ1v) is 5.51. The van der Waals surface area contributed by atoms with E-state index in [1.54, 1.807) is 12.1 Å². The fourth-order valence-electron chi connectivity index (χ4n) is 1.18. The van der Waals surface area contributed by atoms with Gasteiger partial charge in [0.15, 0.2) is 5.69 Å². The molecule has 1 heterocycles. The average Bonchev–Trinajstić information content (AvgIpc) is 2.70. The van der Waals surface area contributed by atoms with E-state index in [-0.39, 0.29) is 41.0 Å². The fraction of sp³-hybridized carbons (Fsp3) is 0. The van der Waals surface area contributed by atoms with E-state index in [1.165, 1.54) is 11.4 Å². The molecule has 2 aromatic rings. The summed E-state index contributed by atoms with van der Waals surface area (Å²) in [4.78, 5) is 14.5. The van der Waals surface area contributed by atoms with Crippen molar-refractivity contribution >= 4 is 58.5 Å². The summed E-state index contributed by atoms with van der Waals surface area (Å²) in [5.74, 6) is -1.07. The van der Waals surface area contributed by atoms with E-state index in [4.69, 9.17) is 16.7 Å². The number of aromatic nitrogens is 1. The van der Waals surface area contributed by atoms with Crippen molar-refractivity contribution in [1.82, 2.24) is 4.98 Å². The van der Waals surface area contributed by atoms with E-state index in [9.17, 15) is 9.90 Å². The smallest absolute Gasteiger partial charge is 0.355 e. The van der Waals surface area contributed by atoms with Crippen LogP contribution in [0.1, 0.15) is 10.5 Å². The Morgan fingerprint density at radius 3 is 2.71 bits per heavy atom. The van der Waals surface area contributed by atoms with E-state index in [0.717, 1.165) is 11.3 Å². The Hall–Kier alpha value is -0.590. The Balaban J connectivity index is 0.00000144. The number of carboxylic acids is 1. The van der Waals surface area contributed by atoms with Crippen LogP contribution in [0.4, 0.5) is 0 Å². The number of rotatable bonds is 2. The van der Waals surface area contributed by atoms with Crippen molar-refractivity contribution in [3.63, 3.8) is 0 Å². The minimum Gasteiger partial charge on any atom is -0.507 e. The first-order valence-electron chi connectivity index (χ1n) is 4.25. The van der Waals surface area contributed by atoms with Gasteiger partial charge in [-0.1, -0.05) is 11.6 Å². The fourth-order valence-corrected chi connectivity index (χ4v) is 2.17. The van der Waals surface area contributed by atoms with E-state index >= 15 is 0 Å². The quantitative estimate of drug-likeness (QED) is 0.828. The van der Waals surface area contributed by atoms with Crippen molar-refractivity contribution in [2.24, 2.45) is 0 Å². The Morgan fingerprint density at radius 2 is 2.12 bits per heavy atom. The van der Waals surface area contributed by atoms with E-state index in [1.807, 2.05) is 0 Å². The number of benzene rings is 1. The van der Waals surface area contributed by atoms with Crippen LogP contribution >= 0.6 is 22.9 Å². The van der Waals surface area contributed by atoms with Crippen LogP contribution in [-0.4, -0.2) is 50.7 Å². The van der Waals surface area contributed by atoms with Crippen molar-refractivity contribution in [2.45, 2.75) is 0 Å².